The number of ether oxygens (including phenoxy) is 3. The van der Waals surface area contributed by atoms with Gasteiger partial charge in [-0.3, -0.25) is 14.2 Å². The molecule has 2 saturated heterocycles. The summed E-state index contributed by atoms with van der Waals surface area (Å²) < 4.78 is 35.4. The number of rotatable bonds is 12. The SMILES string of the molecule is COC(=O)NC(C(=O)N1CCC[C@H]1c1ncc(-c2cc(F)c3c(c2)OC(c2cnc(C4CC4)s2)n2c-3cc3cc(-c4cnc([C@@H]5CCCN5C(=O)C(NC(=O)OC)C(C)C)[nH]4)ccc32)[nH]1)C(C)C. The molecule has 7 heterocycles. The van der Waals surface area contributed by atoms with Crippen LogP contribution in [0.3, 0.4) is 0 Å². The Morgan fingerprint density at radius 3 is 1.91 bits per heavy atom. The Balaban J connectivity index is 0.963. The summed E-state index contributed by atoms with van der Waals surface area (Å²) in [6.07, 6.45) is 8.51. The van der Waals surface area contributed by atoms with Crippen LogP contribution >= 0.6 is 11.3 Å². The van der Waals surface area contributed by atoms with Crippen LogP contribution < -0.4 is 15.4 Å². The molecule has 0 spiro atoms. The number of carbonyl (C=O) groups excluding carboxylic acids is 4. The van der Waals surface area contributed by atoms with Crippen molar-refractivity contribution in [2.24, 2.45) is 11.8 Å². The molecule has 4 aromatic heterocycles. The van der Waals surface area contributed by atoms with E-state index in [4.69, 9.17) is 29.2 Å². The van der Waals surface area contributed by atoms with Crippen molar-refractivity contribution in [2.45, 2.75) is 103 Å². The van der Waals surface area contributed by atoms with E-state index < -0.39 is 36.3 Å². The molecule has 19 heteroatoms. The second-order valence-corrected chi connectivity index (χ2v) is 19.9. The topological polar surface area (TPSA) is 202 Å². The zero-order valence-electron chi connectivity index (χ0n) is 38.8. The predicted molar refractivity (Wildman–Crippen MR) is 251 cm³/mol. The molecule has 6 aromatic rings. The Bertz CT molecular complexity index is 2920. The second-order valence-electron chi connectivity index (χ2n) is 18.8. The molecule has 4 amide bonds. The van der Waals surface area contributed by atoms with Crippen LogP contribution in [0.15, 0.2) is 55.0 Å². The first kappa shape index (κ1) is 45.0. The van der Waals surface area contributed by atoms with E-state index in [1.54, 1.807) is 33.5 Å². The van der Waals surface area contributed by atoms with Crippen molar-refractivity contribution in [1.29, 1.82) is 0 Å². The number of hydrogen-bond donors (Lipinski definition) is 4. The summed E-state index contributed by atoms with van der Waals surface area (Å²) in [4.78, 5) is 77.4. The maximum Gasteiger partial charge on any atom is 0.407 e. The van der Waals surface area contributed by atoms with Gasteiger partial charge in [-0.2, -0.15) is 0 Å². The van der Waals surface area contributed by atoms with E-state index >= 15 is 4.39 Å². The molecule has 3 unspecified atom stereocenters. The molecule has 3 aliphatic heterocycles. The number of nitrogens with zero attached hydrogens (tertiary/aromatic N) is 6. The lowest BCUT2D eigenvalue weighted by molar-refractivity contribution is -0.136. The fraction of sp³-hybridized carbons (Fsp3) is 0.449. The van der Waals surface area contributed by atoms with E-state index in [2.05, 4.69) is 20.6 Å². The third kappa shape index (κ3) is 8.23. The first-order valence-electron chi connectivity index (χ1n) is 23.3. The third-order valence-corrected chi connectivity index (χ3v) is 14.8. The number of aromatic amines is 2. The molecule has 17 nitrogen and oxygen atoms in total. The van der Waals surface area contributed by atoms with Crippen LogP contribution in [-0.4, -0.2) is 103 Å². The number of hydrogen-bond acceptors (Lipinski definition) is 11. The van der Waals surface area contributed by atoms with Gasteiger partial charge in [-0.25, -0.2) is 28.9 Å². The molecular formula is C49H55FN10O7S. The average molecular weight is 947 g/mol. The average Bonchev–Trinajstić information content (AvgIpc) is 4.05. The van der Waals surface area contributed by atoms with Crippen molar-refractivity contribution in [3.05, 3.63) is 82.3 Å². The van der Waals surface area contributed by atoms with Gasteiger partial charge in [0.2, 0.25) is 18.0 Å². The fourth-order valence-electron chi connectivity index (χ4n) is 9.91. The molecule has 10 rings (SSSR count). The van der Waals surface area contributed by atoms with Gasteiger partial charge in [-0.15, -0.1) is 11.3 Å². The van der Waals surface area contributed by atoms with Crippen LogP contribution in [0.1, 0.15) is 112 Å². The summed E-state index contributed by atoms with van der Waals surface area (Å²) in [7, 11) is 2.55. The minimum atomic E-state index is -0.772. The number of halogens is 1. The zero-order valence-corrected chi connectivity index (χ0v) is 39.6. The van der Waals surface area contributed by atoms with Crippen LogP contribution in [-0.2, 0) is 19.1 Å². The standard InChI is InChI=1S/C49H55FN10O7S/c1-24(2)40(56-48(63)65-5)45(61)58-15-7-9-34(58)42-51-21-31(54-42)27-13-14-33-29(17-27)19-36-39-30(50)18-28(20-37(39)67-47(60(33)36)38-23-53-44(68-38)26-11-12-26)32-22-52-43(55-32)35-10-8-16-59(35)46(62)41(25(3)4)57-49(64)66-6/h13-14,17-26,34-35,40-41,47H,7-12,15-16H2,1-6H3,(H,51,54)(H,52,55)(H,56,63)(H,57,64)/t34-,35-,40?,41?,47?/m0/s1. The minimum absolute atomic E-state index is 0.153. The number of thiazole rings is 1. The molecule has 356 valence electrons. The number of aromatic nitrogens is 6. The van der Waals surface area contributed by atoms with Crippen LogP contribution in [0.5, 0.6) is 5.75 Å². The molecule has 3 fully saturated rings. The van der Waals surface area contributed by atoms with Crippen molar-refractivity contribution >= 4 is 46.2 Å². The summed E-state index contributed by atoms with van der Waals surface area (Å²) in [5, 5.41) is 7.33. The van der Waals surface area contributed by atoms with Crippen LogP contribution in [0.2, 0.25) is 0 Å². The lowest BCUT2D eigenvalue weighted by Gasteiger charge is -2.30. The number of imidazole rings is 2. The number of methoxy groups -OCH3 is 2. The normalized spacial score (nSPS) is 19.8. The number of carbonyl (C=O) groups is 4. The number of H-pyrrole nitrogens is 2. The highest BCUT2D eigenvalue weighted by Gasteiger charge is 2.40. The first-order chi connectivity index (χ1) is 32.8. The van der Waals surface area contributed by atoms with Gasteiger partial charge in [-0.1, -0.05) is 33.8 Å². The number of fused-ring (bicyclic) bond motifs is 5. The monoisotopic (exact) mass is 946 g/mol. The van der Waals surface area contributed by atoms with Gasteiger partial charge in [0, 0.05) is 41.7 Å². The van der Waals surface area contributed by atoms with E-state index in [-0.39, 0.29) is 35.7 Å². The fourth-order valence-corrected chi connectivity index (χ4v) is 11.0. The summed E-state index contributed by atoms with van der Waals surface area (Å²) in [5.41, 5.74) is 4.57. The Morgan fingerprint density at radius 1 is 0.765 bits per heavy atom. The molecule has 1 aliphatic carbocycles. The largest absolute Gasteiger partial charge is 0.464 e. The Hall–Kier alpha value is -6.76. The summed E-state index contributed by atoms with van der Waals surface area (Å²) in [5.74, 6) is 0.851. The van der Waals surface area contributed by atoms with E-state index in [0.717, 1.165) is 64.1 Å². The van der Waals surface area contributed by atoms with Crippen LogP contribution in [0.25, 0.3) is 44.7 Å². The van der Waals surface area contributed by atoms with Gasteiger partial charge >= 0.3 is 12.2 Å². The van der Waals surface area contributed by atoms with Crippen molar-refractivity contribution in [1.82, 2.24) is 49.9 Å². The maximum atomic E-state index is 16.9. The van der Waals surface area contributed by atoms with Gasteiger partial charge in [0.25, 0.3) is 0 Å². The lowest BCUT2D eigenvalue weighted by atomic mass is 10.0. The highest BCUT2D eigenvalue weighted by molar-refractivity contribution is 7.11. The quantitative estimate of drug-likeness (QED) is 0.0921. The third-order valence-electron chi connectivity index (χ3n) is 13.6. The van der Waals surface area contributed by atoms with Crippen molar-refractivity contribution in [3.63, 3.8) is 0 Å². The predicted octanol–water partition coefficient (Wildman–Crippen LogP) is 8.59. The van der Waals surface area contributed by atoms with Gasteiger partial charge in [0.05, 0.1) is 76.7 Å². The van der Waals surface area contributed by atoms with Gasteiger partial charge in [0.15, 0.2) is 0 Å². The highest BCUT2D eigenvalue weighted by Crippen LogP contribution is 2.50. The second kappa shape index (κ2) is 18.0. The highest BCUT2D eigenvalue weighted by atomic mass is 32.1. The van der Waals surface area contributed by atoms with Gasteiger partial charge in [0.1, 0.15) is 35.3 Å². The number of likely N-dealkylation sites (tertiary alicyclic amines) is 2. The molecule has 0 bridgehead atoms. The Morgan fingerprint density at radius 2 is 1.35 bits per heavy atom. The molecule has 0 radical (unpaired) electrons. The van der Waals surface area contributed by atoms with Crippen molar-refractivity contribution < 1.29 is 37.8 Å². The molecule has 1 saturated carbocycles. The molecule has 4 N–H and O–H groups in total. The zero-order chi connectivity index (χ0) is 47.5. The molecule has 2 aromatic carbocycles. The Kier molecular flexibility index (Phi) is 12.0. The smallest absolute Gasteiger partial charge is 0.407 e. The summed E-state index contributed by atoms with van der Waals surface area (Å²) >= 11 is 1.62. The van der Waals surface area contributed by atoms with Gasteiger partial charge < -0.3 is 44.6 Å². The summed E-state index contributed by atoms with van der Waals surface area (Å²) in [6.45, 7) is 8.56. The van der Waals surface area contributed by atoms with Crippen LogP contribution in [0.4, 0.5) is 14.0 Å². The molecule has 4 aliphatic rings. The Labute approximate surface area is 396 Å². The van der Waals surface area contributed by atoms with E-state index in [9.17, 15) is 19.2 Å². The van der Waals surface area contributed by atoms with Crippen LogP contribution in [0, 0.1) is 17.7 Å². The first-order valence-corrected chi connectivity index (χ1v) is 24.1. The van der Waals surface area contributed by atoms with E-state index in [1.165, 1.54) is 20.3 Å². The number of nitrogens with one attached hydrogen (secondary N) is 4. The summed E-state index contributed by atoms with van der Waals surface area (Å²) in [6, 6.07) is 9.21. The van der Waals surface area contributed by atoms with E-state index in [1.807, 2.05) is 68.8 Å². The lowest BCUT2D eigenvalue weighted by Crippen LogP contribution is -2.51. The molecular weight excluding hydrogens is 892 g/mol. The maximum absolute atomic E-state index is 16.9. The minimum Gasteiger partial charge on any atom is -0.464 e. The van der Waals surface area contributed by atoms with Crippen molar-refractivity contribution in [3.8, 4) is 39.5 Å². The number of alkyl carbamates (subject to hydrolysis) is 2. The van der Waals surface area contributed by atoms with Crippen molar-refractivity contribution in [2.75, 3.05) is 27.3 Å². The van der Waals surface area contributed by atoms with E-state index in [0.29, 0.717) is 65.3 Å². The molecule has 68 heavy (non-hydrogen) atoms. The van der Waals surface area contributed by atoms with Gasteiger partial charge in [-0.05, 0) is 80.7 Å². The number of amides is 4. The number of benzene rings is 2. The molecule has 5 atom stereocenters.